The third-order valence-electron chi connectivity index (χ3n) is 6.05. The maximum Gasteiger partial charge on any atom is 0.328 e. The highest BCUT2D eigenvalue weighted by atomic mass is 32.2. The summed E-state index contributed by atoms with van der Waals surface area (Å²) in [6.07, 6.45) is 0.317. The summed E-state index contributed by atoms with van der Waals surface area (Å²) in [5, 5.41) is 13.2. The van der Waals surface area contributed by atoms with Gasteiger partial charge in [-0.2, -0.15) is 16.9 Å². The normalized spacial score (nSPS) is 19.4. The fraction of sp³-hybridized carbons (Fsp3) is 0.280. The minimum atomic E-state index is -4.04. The summed E-state index contributed by atoms with van der Waals surface area (Å²) >= 11 is 4.46. The number of phenolic OH excluding ortho intramolecular Hbond substituents is 1. The zero-order valence-electron chi connectivity index (χ0n) is 19.0. The van der Waals surface area contributed by atoms with E-state index in [2.05, 4.69) is 17.9 Å². The topological polar surface area (TPSA) is 113 Å². The molecule has 1 aliphatic rings. The Morgan fingerprint density at radius 3 is 2.51 bits per heavy atom. The van der Waals surface area contributed by atoms with Crippen molar-refractivity contribution in [3.63, 3.8) is 0 Å². The van der Waals surface area contributed by atoms with Crippen LogP contribution in [-0.2, 0) is 30.8 Å². The summed E-state index contributed by atoms with van der Waals surface area (Å²) in [5.74, 6) is -1.18. The fourth-order valence-corrected chi connectivity index (χ4v) is 6.65. The lowest BCUT2D eigenvalue weighted by Crippen LogP contribution is -2.51. The molecule has 0 spiro atoms. The van der Waals surface area contributed by atoms with E-state index in [0.29, 0.717) is 10.9 Å². The Morgan fingerprint density at radius 2 is 1.80 bits per heavy atom. The van der Waals surface area contributed by atoms with E-state index in [1.807, 2.05) is 18.2 Å². The first-order valence-electron chi connectivity index (χ1n) is 11.0. The Morgan fingerprint density at radius 1 is 1.11 bits per heavy atom. The van der Waals surface area contributed by atoms with Gasteiger partial charge in [0.1, 0.15) is 17.8 Å². The van der Waals surface area contributed by atoms with Crippen molar-refractivity contribution in [2.24, 2.45) is 0 Å². The fourth-order valence-electron chi connectivity index (χ4n) is 4.31. The summed E-state index contributed by atoms with van der Waals surface area (Å²) in [6.45, 7) is 0.0631. The average molecular weight is 515 g/mol. The quantitative estimate of drug-likeness (QED) is 0.330. The lowest BCUT2D eigenvalue weighted by atomic mass is 10.0. The molecule has 4 rings (SSSR count). The van der Waals surface area contributed by atoms with Gasteiger partial charge in [-0.15, -0.1) is 0 Å². The molecule has 1 saturated heterocycles. The van der Waals surface area contributed by atoms with Crippen molar-refractivity contribution in [3.8, 4) is 5.75 Å². The number of benzene rings is 3. The Labute approximate surface area is 209 Å². The number of carbonyl (C=O) groups is 2. The average Bonchev–Trinajstić information content (AvgIpc) is 3.26. The highest BCUT2D eigenvalue weighted by Gasteiger charge is 2.44. The molecule has 3 atom stereocenters. The first-order valence-corrected chi connectivity index (χ1v) is 13.0. The molecule has 10 heteroatoms. The van der Waals surface area contributed by atoms with Gasteiger partial charge in [0, 0.05) is 23.6 Å². The van der Waals surface area contributed by atoms with E-state index in [1.165, 1.54) is 25.3 Å². The van der Waals surface area contributed by atoms with E-state index in [1.54, 1.807) is 30.3 Å². The van der Waals surface area contributed by atoms with Crippen molar-refractivity contribution in [2.75, 3.05) is 13.7 Å². The van der Waals surface area contributed by atoms with Crippen LogP contribution in [0.4, 0.5) is 0 Å². The zero-order chi connectivity index (χ0) is 25.2. The smallest absolute Gasteiger partial charge is 0.328 e. The van der Waals surface area contributed by atoms with E-state index < -0.39 is 34.0 Å². The number of phenols is 1. The first kappa shape index (κ1) is 25.0. The highest BCUT2D eigenvalue weighted by Crippen LogP contribution is 2.32. The Hall–Kier alpha value is -3.08. The van der Waals surface area contributed by atoms with Crippen LogP contribution in [0, 0.1) is 0 Å². The van der Waals surface area contributed by atoms with Crippen molar-refractivity contribution < 1.29 is 27.9 Å². The second-order valence-electron chi connectivity index (χ2n) is 8.41. The van der Waals surface area contributed by atoms with Gasteiger partial charge in [0.15, 0.2) is 0 Å². The Balaban J connectivity index is 1.61. The molecule has 1 aliphatic heterocycles. The minimum Gasteiger partial charge on any atom is -0.508 e. The molecule has 3 aromatic carbocycles. The second-order valence-corrected chi connectivity index (χ2v) is 11.0. The molecule has 8 nitrogen and oxygen atoms in total. The van der Waals surface area contributed by atoms with Crippen molar-refractivity contribution >= 4 is 45.3 Å². The first-order chi connectivity index (χ1) is 16.7. The third-order valence-corrected chi connectivity index (χ3v) is 8.36. The molecular formula is C25H26N2O6S2. The standard InChI is InChI=1S/C25H26N2O6S2/c1-33-25(30)21(13-16-9-11-18(28)12-10-16)26-24(29)22-14-19(34)15-27(22)35(31,32)23-8-4-6-17-5-2-3-7-20(17)23/h2-12,19,21-22,28,34H,13-15H2,1H3,(H,26,29)/t19-,21-,22-/m0/s1. The van der Waals surface area contributed by atoms with Gasteiger partial charge >= 0.3 is 5.97 Å². The van der Waals surface area contributed by atoms with Crippen LogP contribution in [0.3, 0.4) is 0 Å². The number of carbonyl (C=O) groups excluding carboxylic acids is 2. The van der Waals surface area contributed by atoms with Crippen LogP contribution in [0.2, 0.25) is 0 Å². The molecule has 0 unspecified atom stereocenters. The molecule has 0 bridgehead atoms. The number of thiol groups is 1. The Bertz CT molecular complexity index is 1340. The van der Waals surface area contributed by atoms with Gasteiger partial charge in [-0.3, -0.25) is 4.79 Å². The number of nitrogens with one attached hydrogen (secondary N) is 1. The van der Waals surface area contributed by atoms with E-state index in [-0.39, 0.29) is 35.3 Å². The number of sulfonamides is 1. The second kappa shape index (κ2) is 10.3. The van der Waals surface area contributed by atoms with Crippen LogP contribution >= 0.6 is 12.6 Å². The van der Waals surface area contributed by atoms with Gasteiger partial charge in [-0.1, -0.05) is 48.5 Å². The number of amides is 1. The van der Waals surface area contributed by atoms with Crippen LogP contribution in [0.15, 0.2) is 71.6 Å². The van der Waals surface area contributed by atoms with E-state index in [9.17, 15) is 23.1 Å². The van der Waals surface area contributed by atoms with Gasteiger partial charge in [-0.05, 0) is 35.6 Å². The molecule has 2 N–H and O–H groups in total. The number of hydrogen-bond acceptors (Lipinski definition) is 7. The number of rotatable bonds is 7. The SMILES string of the molecule is COC(=O)[C@H](Cc1ccc(O)cc1)NC(=O)[C@@H]1C[C@H](S)CN1S(=O)(=O)c1cccc2ccccc12. The molecular weight excluding hydrogens is 488 g/mol. The van der Waals surface area contributed by atoms with Crippen LogP contribution < -0.4 is 5.32 Å². The van der Waals surface area contributed by atoms with Gasteiger partial charge in [0.25, 0.3) is 0 Å². The van der Waals surface area contributed by atoms with Crippen molar-refractivity contribution in [3.05, 3.63) is 72.3 Å². The van der Waals surface area contributed by atoms with Crippen molar-refractivity contribution in [2.45, 2.75) is 35.1 Å². The zero-order valence-corrected chi connectivity index (χ0v) is 20.7. The summed E-state index contributed by atoms with van der Waals surface area (Å²) in [7, 11) is -2.82. The Kier molecular flexibility index (Phi) is 7.34. The van der Waals surface area contributed by atoms with Crippen molar-refractivity contribution in [1.29, 1.82) is 0 Å². The molecule has 1 amide bonds. The van der Waals surface area contributed by atoms with Gasteiger partial charge < -0.3 is 15.2 Å². The molecule has 0 aliphatic carbocycles. The summed E-state index contributed by atoms with van der Waals surface area (Å²) in [5.41, 5.74) is 0.692. The number of fused-ring (bicyclic) bond motifs is 1. The number of ether oxygens (including phenoxy) is 1. The number of aromatic hydroxyl groups is 1. The maximum atomic E-state index is 13.7. The van der Waals surface area contributed by atoms with E-state index >= 15 is 0 Å². The number of esters is 1. The van der Waals surface area contributed by atoms with Crippen LogP contribution in [0.5, 0.6) is 5.75 Å². The predicted molar refractivity (Wildman–Crippen MR) is 135 cm³/mol. The summed E-state index contributed by atoms with van der Waals surface area (Å²) in [6, 6.07) is 16.3. The molecule has 0 radical (unpaired) electrons. The molecule has 35 heavy (non-hydrogen) atoms. The lowest BCUT2D eigenvalue weighted by molar-refractivity contribution is -0.145. The van der Waals surface area contributed by atoms with Crippen LogP contribution in [0.25, 0.3) is 10.8 Å². The van der Waals surface area contributed by atoms with Crippen LogP contribution in [0.1, 0.15) is 12.0 Å². The van der Waals surface area contributed by atoms with Gasteiger partial charge in [0.2, 0.25) is 15.9 Å². The molecule has 1 heterocycles. The monoisotopic (exact) mass is 514 g/mol. The van der Waals surface area contributed by atoms with Crippen LogP contribution in [-0.4, -0.2) is 60.7 Å². The lowest BCUT2D eigenvalue weighted by Gasteiger charge is -2.26. The van der Waals surface area contributed by atoms with E-state index in [4.69, 9.17) is 4.74 Å². The third kappa shape index (κ3) is 5.29. The number of nitrogens with zero attached hydrogens (tertiary/aromatic N) is 1. The van der Waals surface area contributed by atoms with Gasteiger partial charge in [-0.25, -0.2) is 13.2 Å². The minimum absolute atomic E-state index is 0.0631. The van der Waals surface area contributed by atoms with E-state index in [0.717, 1.165) is 9.69 Å². The maximum absolute atomic E-state index is 13.7. The molecule has 0 saturated carbocycles. The number of hydrogen-bond donors (Lipinski definition) is 3. The molecule has 184 valence electrons. The summed E-state index contributed by atoms with van der Waals surface area (Å²) < 4.78 is 33.4. The van der Waals surface area contributed by atoms with Gasteiger partial charge in [0.05, 0.1) is 12.0 Å². The predicted octanol–water partition coefficient (Wildman–Crippen LogP) is 2.51. The molecule has 0 aromatic heterocycles. The molecule has 1 fully saturated rings. The largest absolute Gasteiger partial charge is 0.508 e. The summed E-state index contributed by atoms with van der Waals surface area (Å²) in [4.78, 5) is 25.8. The number of methoxy groups -OCH3 is 1. The molecule has 3 aromatic rings. The van der Waals surface area contributed by atoms with Crippen molar-refractivity contribution in [1.82, 2.24) is 9.62 Å². The highest BCUT2D eigenvalue weighted by molar-refractivity contribution is 7.89.